The lowest BCUT2D eigenvalue weighted by Crippen LogP contribution is -2.50. The minimum atomic E-state index is -0.661. The zero-order valence-corrected chi connectivity index (χ0v) is 9.72. The van der Waals surface area contributed by atoms with E-state index in [9.17, 15) is 4.79 Å². The largest absolute Gasteiger partial charge is 0.465 e. The van der Waals surface area contributed by atoms with Gasteiger partial charge in [0.25, 0.3) is 0 Å². The van der Waals surface area contributed by atoms with E-state index in [1.54, 1.807) is 21.1 Å². The van der Waals surface area contributed by atoms with Crippen molar-refractivity contribution in [1.29, 1.82) is 0 Å². The molecule has 1 N–H and O–H groups in total. The summed E-state index contributed by atoms with van der Waals surface area (Å²) in [5, 5.41) is 2.97. The molecule has 0 aromatic heterocycles. The molecule has 0 aromatic rings. The van der Waals surface area contributed by atoms with Crippen LogP contribution >= 0.6 is 0 Å². The van der Waals surface area contributed by atoms with Crippen molar-refractivity contribution in [3.8, 4) is 0 Å². The second-order valence-corrected chi connectivity index (χ2v) is 3.55. The lowest BCUT2D eigenvalue weighted by Gasteiger charge is -2.28. The Morgan fingerprint density at radius 3 is 2.50 bits per heavy atom. The summed E-state index contributed by atoms with van der Waals surface area (Å²) in [5.74, 6) is -0.230. The first-order chi connectivity index (χ1) is 6.50. The zero-order chi connectivity index (χ0) is 11.2. The van der Waals surface area contributed by atoms with E-state index < -0.39 is 5.54 Å². The van der Waals surface area contributed by atoms with Gasteiger partial charge in [0.1, 0.15) is 5.54 Å². The third-order valence-corrected chi connectivity index (χ3v) is 2.38. The number of likely N-dealkylation sites (N-methyl/N-ethyl adjacent to an activating group) is 1. The van der Waals surface area contributed by atoms with Crippen molar-refractivity contribution in [2.75, 3.05) is 20.8 Å². The molecule has 0 fully saturated rings. The number of rotatable bonds is 6. The average molecular weight is 203 g/mol. The number of nitrogens with one attached hydrogen (secondary N) is 1. The lowest BCUT2D eigenvalue weighted by molar-refractivity contribution is -0.151. The van der Waals surface area contributed by atoms with Crippen molar-refractivity contribution < 1.29 is 14.3 Å². The predicted octanol–water partition coefficient (Wildman–Crippen LogP) is 0.953. The van der Waals surface area contributed by atoms with E-state index in [-0.39, 0.29) is 12.1 Å². The van der Waals surface area contributed by atoms with Gasteiger partial charge in [0.15, 0.2) is 0 Å². The Bertz CT molecular complexity index is 184. The van der Waals surface area contributed by atoms with Gasteiger partial charge in [-0.2, -0.15) is 0 Å². The van der Waals surface area contributed by atoms with Crippen molar-refractivity contribution in [2.24, 2.45) is 0 Å². The molecule has 0 spiro atoms. The molecular weight excluding hydrogens is 182 g/mol. The van der Waals surface area contributed by atoms with Crippen molar-refractivity contribution in [2.45, 2.75) is 38.8 Å². The molecule has 2 unspecified atom stereocenters. The standard InChI is InChI=1S/C10H21NO3/c1-6-14-9(12)10(3,11-4)7-8(2)13-5/h8,11H,6-7H2,1-5H3. The van der Waals surface area contributed by atoms with E-state index in [1.807, 2.05) is 13.8 Å². The quantitative estimate of drug-likeness (QED) is 0.653. The lowest BCUT2D eigenvalue weighted by atomic mass is 9.95. The second kappa shape index (κ2) is 5.98. The Morgan fingerprint density at radius 2 is 2.14 bits per heavy atom. The van der Waals surface area contributed by atoms with Crippen LogP contribution < -0.4 is 5.32 Å². The first-order valence-electron chi connectivity index (χ1n) is 4.89. The molecule has 0 aromatic carbocycles. The SMILES string of the molecule is CCOC(=O)C(C)(CC(C)OC)NC. The molecule has 0 aliphatic heterocycles. The molecule has 84 valence electrons. The maximum Gasteiger partial charge on any atom is 0.326 e. The van der Waals surface area contributed by atoms with E-state index in [1.165, 1.54) is 0 Å². The summed E-state index contributed by atoms with van der Waals surface area (Å²) in [6.45, 7) is 5.94. The topological polar surface area (TPSA) is 47.6 Å². The van der Waals surface area contributed by atoms with E-state index >= 15 is 0 Å². The smallest absolute Gasteiger partial charge is 0.326 e. The molecular formula is C10H21NO3. The minimum absolute atomic E-state index is 0.0249. The van der Waals surface area contributed by atoms with Gasteiger partial charge in [-0.25, -0.2) is 0 Å². The molecule has 2 atom stereocenters. The van der Waals surface area contributed by atoms with Crippen molar-refractivity contribution >= 4 is 5.97 Å². The molecule has 14 heavy (non-hydrogen) atoms. The number of ether oxygens (including phenoxy) is 2. The Kier molecular flexibility index (Phi) is 5.72. The fourth-order valence-electron chi connectivity index (χ4n) is 1.24. The van der Waals surface area contributed by atoms with Gasteiger partial charge in [-0.1, -0.05) is 0 Å². The van der Waals surface area contributed by atoms with Gasteiger partial charge in [-0.05, 0) is 27.8 Å². The molecule has 0 saturated heterocycles. The van der Waals surface area contributed by atoms with Gasteiger partial charge in [0, 0.05) is 13.5 Å². The van der Waals surface area contributed by atoms with Crippen LogP contribution in [0.1, 0.15) is 27.2 Å². The molecule has 0 heterocycles. The summed E-state index contributed by atoms with van der Waals surface area (Å²) >= 11 is 0. The number of hydrogen-bond acceptors (Lipinski definition) is 4. The molecule has 0 rings (SSSR count). The van der Waals surface area contributed by atoms with Gasteiger partial charge < -0.3 is 14.8 Å². The molecule has 4 heteroatoms. The van der Waals surface area contributed by atoms with Crippen molar-refractivity contribution in [3.05, 3.63) is 0 Å². The molecule has 4 nitrogen and oxygen atoms in total. The summed E-state index contributed by atoms with van der Waals surface area (Å²) in [7, 11) is 3.38. The Labute approximate surface area is 86.0 Å². The summed E-state index contributed by atoms with van der Waals surface area (Å²) in [6, 6.07) is 0. The van der Waals surface area contributed by atoms with Gasteiger partial charge >= 0.3 is 5.97 Å². The number of carbonyl (C=O) groups excluding carboxylic acids is 1. The van der Waals surface area contributed by atoms with Crippen LogP contribution in [0.3, 0.4) is 0 Å². The molecule has 0 radical (unpaired) electrons. The molecule has 0 aliphatic carbocycles. The van der Waals surface area contributed by atoms with Crippen LogP contribution in [0.25, 0.3) is 0 Å². The average Bonchev–Trinajstić information content (AvgIpc) is 2.17. The molecule has 0 aliphatic rings. The van der Waals surface area contributed by atoms with Crippen LogP contribution in [0.15, 0.2) is 0 Å². The summed E-state index contributed by atoms with van der Waals surface area (Å²) in [6.07, 6.45) is 0.621. The first kappa shape index (κ1) is 13.4. The van der Waals surface area contributed by atoms with E-state index in [0.717, 1.165) is 0 Å². The highest BCUT2D eigenvalue weighted by molar-refractivity contribution is 5.80. The highest BCUT2D eigenvalue weighted by Crippen LogP contribution is 2.15. The molecule has 0 saturated carbocycles. The predicted molar refractivity (Wildman–Crippen MR) is 55.2 cm³/mol. The highest BCUT2D eigenvalue weighted by Gasteiger charge is 2.34. The Hall–Kier alpha value is -0.610. The Balaban J connectivity index is 4.37. The van der Waals surface area contributed by atoms with Crippen LogP contribution in [-0.4, -0.2) is 38.4 Å². The van der Waals surface area contributed by atoms with Crippen LogP contribution in [-0.2, 0) is 14.3 Å². The normalized spacial score (nSPS) is 17.2. The number of methoxy groups -OCH3 is 1. The van der Waals surface area contributed by atoms with E-state index in [2.05, 4.69) is 5.32 Å². The number of hydrogen-bond donors (Lipinski definition) is 1. The van der Waals surface area contributed by atoms with Crippen LogP contribution in [0.4, 0.5) is 0 Å². The van der Waals surface area contributed by atoms with Crippen LogP contribution in [0.5, 0.6) is 0 Å². The third kappa shape index (κ3) is 3.64. The Morgan fingerprint density at radius 1 is 1.57 bits per heavy atom. The van der Waals surface area contributed by atoms with E-state index in [4.69, 9.17) is 9.47 Å². The minimum Gasteiger partial charge on any atom is -0.465 e. The maximum absolute atomic E-state index is 11.6. The fourth-order valence-corrected chi connectivity index (χ4v) is 1.24. The summed E-state index contributed by atoms with van der Waals surface area (Å²) in [5.41, 5.74) is -0.661. The van der Waals surface area contributed by atoms with Gasteiger partial charge in [-0.15, -0.1) is 0 Å². The van der Waals surface area contributed by atoms with Crippen molar-refractivity contribution in [1.82, 2.24) is 5.32 Å². The van der Waals surface area contributed by atoms with Crippen LogP contribution in [0, 0.1) is 0 Å². The molecule has 0 bridgehead atoms. The van der Waals surface area contributed by atoms with Gasteiger partial charge in [-0.3, -0.25) is 4.79 Å². The monoisotopic (exact) mass is 203 g/mol. The van der Waals surface area contributed by atoms with Gasteiger partial charge in [0.2, 0.25) is 0 Å². The van der Waals surface area contributed by atoms with Gasteiger partial charge in [0.05, 0.1) is 12.7 Å². The van der Waals surface area contributed by atoms with Crippen molar-refractivity contribution in [3.63, 3.8) is 0 Å². The van der Waals surface area contributed by atoms with E-state index in [0.29, 0.717) is 13.0 Å². The second-order valence-electron chi connectivity index (χ2n) is 3.55. The fraction of sp³-hybridized carbons (Fsp3) is 0.900. The highest BCUT2D eigenvalue weighted by atomic mass is 16.5. The number of carbonyl (C=O) groups is 1. The van der Waals surface area contributed by atoms with Crippen LogP contribution in [0.2, 0.25) is 0 Å². The summed E-state index contributed by atoms with van der Waals surface area (Å²) in [4.78, 5) is 11.6. The third-order valence-electron chi connectivity index (χ3n) is 2.38. The molecule has 0 amide bonds. The first-order valence-corrected chi connectivity index (χ1v) is 4.89. The summed E-state index contributed by atoms with van der Waals surface area (Å²) < 4.78 is 10.1. The number of esters is 1. The maximum atomic E-state index is 11.6. The zero-order valence-electron chi connectivity index (χ0n) is 9.72.